The van der Waals surface area contributed by atoms with Gasteiger partial charge in [-0.25, -0.2) is 4.39 Å². The SMILES string of the molecule is O=C(c1cncc(F)c1)C1CCCCN1. The average Bonchev–Trinajstić information content (AvgIpc) is 2.29. The van der Waals surface area contributed by atoms with E-state index in [1.54, 1.807) is 0 Å². The molecule has 0 spiro atoms. The fourth-order valence-corrected chi connectivity index (χ4v) is 1.82. The third-order valence-electron chi connectivity index (χ3n) is 2.62. The van der Waals surface area contributed by atoms with Crippen LogP contribution in [0.15, 0.2) is 18.5 Å². The van der Waals surface area contributed by atoms with E-state index >= 15 is 0 Å². The molecule has 1 aromatic heterocycles. The molecule has 15 heavy (non-hydrogen) atoms. The van der Waals surface area contributed by atoms with Gasteiger partial charge in [-0.05, 0) is 25.5 Å². The van der Waals surface area contributed by atoms with Gasteiger partial charge in [-0.3, -0.25) is 9.78 Å². The van der Waals surface area contributed by atoms with Gasteiger partial charge in [0.15, 0.2) is 5.78 Å². The number of pyridine rings is 1. The quantitative estimate of drug-likeness (QED) is 0.750. The molecule has 2 heterocycles. The van der Waals surface area contributed by atoms with Crippen molar-refractivity contribution in [2.75, 3.05) is 6.54 Å². The Hall–Kier alpha value is -1.29. The molecule has 4 heteroatoms. The topological polar surface area (TPSA) is 42.0 Å². The Labute approximate surface area is 87.7 Å². The molecule has 0 saturated carbocycles. The predicted octanol–water partition coefficient (Wildman–Crippen LogP) is 1.55. The van der Waals surface area contributed by atoms with Crippen molar-refractivity contribution in [3.05, 3.63) is 29.8 Å². The maximum absolute atomic E-state index is 12.9. The summed E-state index contributed by atoms with van der Waals surface area (Å²) in [4.78, 5) is 15.6. The summed E-state index contributed by atoms with van der Waals surface area (Å²) in [6.07, 6.45) is 5.50. The lowest BCUT2D eigenvalue weighted by Crippen LogP contribution is -2.40. The number of nitrogens with zero attached hydrogens (tertiary/aromatic N) is 1. The van der Waals surface area contributed by atoms with Crippen LogP contribution in [0.1, 0.15) is 29.6 Å². The first-order chi connectivity index (χ1) is 7.27. The van der Waals surface area contributed by atoms with Crippen molar-refractivity contribution in [1.82, 2.24) is 10.3 Å². The minimum absolute atomic E-state index is 0.0540. The van der Waals surface area contributed by atoms with Crippen molar-refractivity contribution >= 4 is 5.78 Å². The highest BCUT2D eigenvalue weighted by Gasteiger charge is 2.22. The zero-order valence-electron chi connectivity index (χ0n) is 8.37. The second-order valence-electron chi connectivity index (χ2n) is 3.76. The molecule has 0 bridgehead atoms. The van der Waals surface area contributed by atoms with Gasteiger partial charge >= 0.3 is 0 Å². The van der Waals surface area contributed by atoms with Crippen LogP contribution in [-0.2, 0) is 0 Å². The summed E-state index contributed by atoms with van der Waals surface area (Å²) >= 11 is 0. The number of carbonyl (C=O) groups is 1. The van der Waals surface area contributed by atoms with E-state index in [0.29, 0.717) is 5.56 Å². The molecular weight excluding hydrogens is 195 g/mol. The summed E-state index contributed by atoms with van der Waals surface area (Å²) in [6.45, 7) is 0.860. The molecule has 0 amide bonds. The molecule has 0 aliphatic carbocycles. The predicted molar refractivity (Wildman–Crippen MR) is 54.2 cm³/mol. The number of halogens is 1. The molecule has 1 aliphatic rings. The van der Waals surface area contributed by atoms with Crippen molar-refractivity contribution in [2.45, 2.75) is 25.3 Å². The number of piperidine rings is 1. The first kappa shape index (κ1) is 10.2. The molecule has 1 N–H and O–H groups in total. The third-order valence-corrected chi connectivity index (χ3v) is 2.62. The highest BCUT2D eigenvalue weighted by molar-refractivity contribution is 5.99. The maximum Gasteiger partial charge on any atom is 0.181 e. The number of ketones is 1. The van der Waals surface area contributed by atoms with Gasteiger partial charge in [-0.2, -0.15) is 0 Å². The van der Waals surface area contributed by atoms with Crippen LogP contribution in [0, 0.1) is 5.82 Å². The summed E-state index contributed by atoms with van der Waals surface area (Å²) in [7, 11) is 0. The number of carbonyl (C=O) groups excluding carboxylic acids is 1. The molecule has 2 rings (SSSR count). The summed E-state index contributed by atoms with van der Waals surface area (Å²) in [5, 5.41) is 3.14. The van der Waals surface area contributed by atoms with Crippen LogP contribution in [0.25, 0.3) is 0 Å². The minimum Gasteiger partial charge on any atom is -0.307 e. The van der Waals surface area contributed by atoms with Crippen LogP contribution < -0.4 is 5.32 Å². The number of hydrogen-bond acceptors (Lipinski definition) is 3. The van der Waals surface area contributed by atoms with Crippen LogP contribution in [-0.4, -0.2) is 23.4 Å². The number of nitrogens with one attached hydrogen (secondary N) is 1. The minimum atomic E-state index is -0.461. The van der Waals surface area contributed by atoms with E-state index in [0.717, 1.165) is 32.0 Å². The zero-order chi connectivity index (χ0) is 10.7. The van der Waals surface area contributed by atoms with Crippen molar-refractivity contribution in [3.63, 3.8) is 0 Å². The molecule has 0 aromatic carbocycles. The van der Waals surface area contributed by atoms with Crippen molar-refractivity contribution in [3.8, 4) is 0 Å². The van der Waals surface area contributed by atoms with Gasteiger partial charge < -0.3 is 5.32 Å². The van der Waals surface area contributed by atoms with E-state index in [1.807, 2.05) is 0 Å². The van der Waals surface area contributed by atoms with E-state index in [-0.39, 0.29) is 11.8 Å². The summed E-state index contributed by atoms with van der Waals surface area (Å²) < 4.78 is 12.9. The van der Waals surface area contributed by atoms with Crippen LogP contribution in [0.3, 0.4) is 0 Å². The Bertz CT molecular complexity index is 361. The molecule has 1 fully saturated rings. The number of hydrogen-bond donors (Lipinski definition) is 1. The Kier molecular flexibility index (Phi) is 3.06. The van der Waals surface area contributed by atoms with Crippen LogP contribution in [0.4, 0.5) is 4.39 Å². The Morgan fingerprint density at radius 2 is 2.33 bits per heavy atom. The number of Topliss-reactive ketones (excluding diaryl/α,β-unsaturated/α-hetero) is 1. The lowest BCUT2D eigenvalue weighted by atomic mass is 9.97. The molecule has 80 valence electrons. The Morgan fingerprint density at radius 1 is 1.47 bits per heavy atom. The third kappa shape index (κ3) is 2.39. The van der Waals surface area contributed by atoms with E-state index in [1.165, 1.54) is 12.3 Å². The van der Waals surface area contributed by atoms with Gasteiger partial charge in [0.05, 0.1) is 12.2 Å². The molecule has 1 atom stereocenters. The van der Waals surface area contributed by atoms with Crippen LogP contribution >= 0.6 is 0 Å². The molecule has 1 saturated heterocycles. The number of rotatable bonds is 2. The largest absolute Gasteiger partial charge is 0.307 e. The Morgan fingerprint density at radius 3 is 3.00 bits per heavy atom. The molecule has 3 nitrogen and oxygen atoms in total. The Balaban J connectivity index is 2.12. The fourth-order valence-electron chi connectivity index (χ4n) is 1.82. The van der Waals surface area contributed by atoms with Gasteiger partial charge in [0.1, 0.15) is 5.82 Å². The van der Waals surface area contributed by atoms with Gasteiger partial charge in [0.2, 0.25) is 0 Å². The van der Waals surface area contributed by atoms with Crippen LogP contribution in [0.5, 0.6) is 0 Å². The molecule has 1 unspecified atom stereocenters. The molecule has 1 aliphatic heterocycles. The first-order valence-corrected chi connectivity index (χ1v) is 5.15. The van der Waals surface area contributed by atoms with E-state index < -0.39 is 5.82 Å². The normalized spacial score (nSPS) is 21.3. The molecule has 0 radical (unpaired) electrons. The van der Waals surface area contributed by atoms with Crippen molar-refractivity contribution < 1.29 is 9.18 Å². The standard InChI is InChI=1S/C11H13FN2O/c12-9-5-8(6-13-7-9)11(15)10-3-1-2-4-14-10/h5-7,10,14H,1-4H2. The first-order valence-electron chi connectivity index (χ1n) is 5.15. The van der Waals surface area contributed by atoms with Gasteiger partial charge in [0, 0.05) is 11.8 Å². The smallest absolute Gasteiger partial charge is 0.181 e. The van der Waals surface area contributed by atoms with E-state index in [2.05, 4.69) is 10.3 Å². The lowest BCUT2D eigenvalue weighted by Gasteiger charge is -2.21. The second kappa shape index (κ2) is 4.49. The highest BCUT2D eigenvalue weighted by Crippen LogP contribution is 2.12. The lowest BCUT2D eigenvalue weighted by molar-refractivity contribution is 0.0926. The maximum atomic E-state index is 12.9. The van der Waals surface area contributed by atoms with Crippen LogP contribution in [0.2, 0.25) is 0 Å². The second-order valence-corrected chi connectivity index (χ2v) is 3.76. The van der Waals surface area contributed by atoms with Gasteiger partial charge in [-0.15, -0.1) is 0 Å². The summed E-state index contributed by atoms with van der Waals surface area (Å²) in [5.41, 5.74) is 0.356. The summed E-state index contributed by atoms with van der Waals surface area (Å²) in [6, 6.07) is 1.08. The summed E-state index contributed by atoms with van der Waals surface area (Å²) in [5.74, 6) is -0.515. The van der Waals surface area contributed by atoms with Gasteiger partial charge in [0.25, 0.3) is 0 Å². The molecular formula is C11H13FN2O. The zero-order valence-corrected chi connectivity index (χ0v) is 8.37. The molecule has 1 aromatic rings. The fraction of sp³-hybridized carbons (Fsp3) is 0.455. The van der Waals surface area contributed by atoms with Crippen molar-refractivity contribution in [1.29, 1.82) is 0 Å². The highest BCUT2D eigenvalue weighted by atomic mass is 19.1. The van der Waals surface area contributed by atoms with Crippen molar-refractivity contribution in [2.24, 2.45) is 0 Å². The van der Waals surface area contributed by atoms with E-state index in [4.69, 9.17) is 0 Å². The number of aromatic nitrogens is 1. The van der Waals surface area contributed by atoms with E-state index in [9.17, 15) is 9.18 Å². The van der Waals surface area contributed by atoms with Gasteiger partial charge in [-0.1, -0.05) is 6.42 Å². The average molecular weight is 208 g/mol. The monoisotopic (exact) mass is 208 g/mol.